The molecule has 0 radical (unpaired) electrons. The van der Waals surface area contributed by atoms with Gasteiger partial charge >= 0.3 is 18.0 Å². The van der Waals surface area contributed by atoms with Crippen LogP contribution in [0.2, 0.25) is 0 Å². The number of amides is 2. The van der Waals surface area contributed by atoms with Gasteiger partial charge in [-0.05, 0) is 0 Å². The molecule has 1 heterocycles. The first-order valence-electron chi connectivity index (χ1n) is 5.22. The van der Waals surface area contributed by atoms with Crippen molar-refractivity contribution in [2.75, 3.05) is 33.8 Å². The van der Waals surface area contributed by atoms with Crippen LogP contribution in [-0.2, 0) is 14.3 Å². The van der Waals surface area contributed by atoms with Crippen molar-refractivity contribution in [1.29, 1.82) is 0 Å². The summed E-state index contributed by atoms with van der Waals surface area (Å²) in [6.45, 7) is 0.753. The Morgan fingerprint density at radius 2 is 2.00 bits per heavy atom. The Hall–Kier alpha value is -1.79. The van der Waals surface area contributed by atoms with Crippen LogP contribution in [0.1, 0.15) is 6.42 Å². The Morgan fingerprint density at radius 1 is 1.41 bits per heavy atom. The van der Waals surface area contributed by atoms with E-state index in [1.165, 1.54) is 24.0 Å². The normalized spacial score (nSPS) is 15.1. The second-order valence-corrected chi connectivity index (χ2v) is 4.08. The number of carboxylic acids is 1. The average Bonchev–Trinajstić information content (AvgIpc) is 2.21. The van der Waals surface area contributed by atoms with Gasteiger partial charge in [-0.25, -0.2) is 4.79 Å². The second-order valence-electron chi connectivity index (χ2n) is 4.08. The number of nitrogens with zero attached hydrogens (tertiary/aromatic N) is 2. The summed E-state index contributed by atoms with van der Waals surface area (Å²) in [5, 5.41) is 8.56. The van der Waals surface area contributed by atoms with Gasteiger partial charge in [0.2, 0.25) is 0 Å². The van der Waals surface area contributed by atoms with E-state index in [-0.39, 0.29) is 24.9 Å². The average molecular weight is 244 g/mol. The maximum atomic E-state index is 11.7. The van der Waals surface area contributed by atoms with Gasteiger partial charge < -0.3 is 19.6 Å². The van der Waals surface area contributed by atoms with Crippen LogP contribution >= 0.6 is 0 Å². The molecule has 1 aliphatic rings. The van der Waals surface area contributed by atoms with Crippen LogP contribution in [0.5, 0.6) is 0 Å². The first-order valence-corrected chi connectivity index (χ1v) is 5.22. The molecule has 1 saturated heterocycles. The molecule has 2 amide bonds. The van der Waals surface area contributed by atoms with Gasteiger partial charge in [-0.3, -0.25) is 9.59 Å². The molecule has 0 saturated carbocycles. The number of carboxylic acid groups (broad SMARTS) is 1. The molecule has 0 spiro atoms. The standard InChI is InChI=1S/C10H16N2O5/c1-11(6-9(15)17-2)10(16)12-4-7(5-12)3-8(13)14/h7H,3-6H2,1-2H3,(H,13,14). The number of rotatable bonds is 4. The monoisotopic (exact) mass is 244 g/mol. The van der Waals surface area contributed by atoms with Crippen molar-refractivity contribution in [3.63, 3.8) is 0 Å². The van der Waals surface area contributed by atoms with E-state index in [1.54, 1.807) is 0 Å². The van der Waals surface area contributed by atoms with E-state index in [4.69, 9.17) is 5.11 Å². The summed E-state index contributed by atoms with van der Waals surface area (Å²) in [6.07, 6.45) is 0.0739. The number of hydrogen-bond acceptors (Lipinski definition) is 4. The maximum Gasteiger partial charge on any atom is 0.325 e. The first-order chi connectivity index (χ1) is 7.93. The van der Waals surface area contributed by atoms with Crippen molar-refractivity contribution in [3.05, 3.63) is 0 Å². The van der Waals surface area contributed by atoms with Crippen LogP contribution in [0.4, 0.5) is 4.79 Å². The number of esters is 1. The molecule has 0 aromatic rings. The molecule has 0 atom stereocenters. The molecule has 0 unspecified atom stereocenters. The number of methoxy groups -OCH3 is 1. The minimum atomic E-state index is -0.856. The molecule has 7 nitrogen and oxygen atoms in total. The van der Waals surface area contributed by atoms with Crippen molar-refractivity contribution < 1.29 is 24.2 Å². The molecule has 7 heteroatoms. The fourth-order valence-corrected chi connectivity index (χ4v) is 1.67. The molecule has 0 aliphatic carbocycles. The third kappa shape index (κ3) is 3.61. The van der Waals surface area contributed by atoms with Gasteiger partial charge in [-0.2, -0.15) is 0 Å². The van der Waals surface area contributed by atoms with Gasteiger partial charge in [-0.15, -0.1) is 0 Å². The Morgan fingerprint density at radius 3 is 2.47 bits per heavy atom. The van der Waals surface area contributed by atoms with E-state index < -0.39 is 11.9 Å². The molecule has 1 N–H and O–H groups in total. The quantitative estimate of drug-likeness (QED) is 0.681. The minimum absolute atomic E-state index is 0.0166. The van der Waals surface area contributed by atoms with Crippen LogP contribution in [0.3, 0.4) is 0 Å². The zero-order valence-electron chi connectivity index (χ0n) is 9.88. The van der Waals surface area contributed by atoms with E-state index in [0.717, 1.165) is 0 Å². The van der Waals surface area contributed by atoms with Crippen molar-refractivity contribution in [2.45, 2.75) is 6.42 Å². The lowest BCUT2D eigenvalue weighted by atomic mass is 9.97. The largest absolute Gasteiger partial charge is 0.481 e. The molecule has 1 rings (SSSR count). The molecule has 17 heavy (non-hydrogen) atoms. The van der Waals surface area contributed by atoms with Crippen molar-refractivity contribution in [2.24, 2.45) is 5.92 Å². The third-order valence-corrected chi connectivity index (χ3v) is 2.61. The summed E-state index contributed by atoms with van der Waals surface area (Å²) in [4.78, 5) is 35.8. The minimum Gasteiger partial charge on any atom is -0.481 e. The number of urea groups is 1. The number of likely N-dealkylation sites (N-methyl/N-ethyl adjacent to an activating group) is 1. The predicted octanol–water partition coefficient (Wildman–Crippen LogP) is -0.382. The van der Waals surface area contributed by atoms with E-state index >= 15 is 0 Å². The van der Waals surface area contributed by atoms with Gasteiger partial charge in [-0.1, -0.05) is 0 Å². The second kappa shape index (κ2) is 5.51. The molecular weight excluding hydrogens is 228 g/mol. The Balaban J connectivity index is 2.31. The van der Waals surface area contributed by atoms with Gasteiger partial charge in [0.15, 0.2) is 0 Å². The molecule has 96 valence electrons. The highest BCUT2D eigenvalue weighted by Gasteiger charge is 2.33. The highest BCUT2D eigenvalue weighted by atomic mass is 16.5. The van der Waals surface area contributed by atoms with E-state index in [9.17, 15) is 14.4 Å². The molecule has 1 aliphatic heterocycles. The summed E-state index contributed by atoms with van der Waals surface area (Å²) < 4.78 is 4.45. The summed E-state index contributed by atoms with van der Waals surface area (Å²) in [5.41, 5.74) is 0. The fraction of sp³-hybridized carbons (Fsp3) is 0.700. The number of hydrogen-bond donors (Lipinski definition) is 1. The molecule has 0 aromatic carbocycles. The number of aliphatic carboxylic acids is 1. The summed E-state index contributed by atoms with van der Waals surface area (Å²) in [7, 11) is 2.76. The Bertz CT molecular complexity index is 325. The van der Waals surface area contributed by atoms with Crippen molar-refractivity contribution in [3.8, 4) is 0 Å². The van der Waals surface area contributed by atoms with Gasteiger partial charge in [0.05, 0.1) is 13.5 Å². The summed E-state index contributed by atoms with van der Waals surface area (Å²) in [6, 6.07) is -0.281. The molecule has 1 fully saturated rings. The number of carbonyl (C=O) groups is 3. The van der Waals surface area contributed by atoms with Crippen LogP contribution in [0.15, 0.2) is 0 Å². The van der Waals surface area contributed by atoms with E-state index in [0.29, 0.717) is 13.1 Å². The highest BCUT2D eigenvalue weighted by molar-refractivity contribution is 5.81. The number of ether oxygens (including phenoxy) is 1. The van der Waals surface area contributed by atoms with Crippen molar-refractivity contribution >= 4 is 18.0 Å². The third-order valence-electron chi connectivity index (χ3n) is 2.61. The zero-order valence-corrected chi connectivity index (χ0v) is 9.88. The van der Waals surface area contributed by atoms with Gasteiger partial charge in [0, 0.05) is 26.1 Å². The number of likely N-dealkylation sites (tertiary alicyclic amines) is 1. The summed E-state index contributed by atoms with van der Waals surface area (Å²) >= 11 is 0. The lowest BCUT2D eigenvalue weighted by Gasteiger charge is -2.40. The van der Waals surface area contributed by atoms with Crippen molar-refractivity contribution in [1.82, 2.24) is 9.80 Å². The predicted molar refractivity (Wildman–Crippen MR) is 57.4 cm³/mol. The molecular formula is C10H16N2O5. The Kier molecular flexibility index (Phi) is 4.30. The zero-order chi connectivity index (χ0) is 13.0. The first kappa shape index (κ1) is 13.3. The van der Waals surface area contributed by atoms with Crippen LogP contribution in [0.25, 0.3) is 0 Å². The van der Waals surface area contributed by atoms with Crippen LogP contribution < -0.4 is 0 Å². The molecule has 0 aromatic heterocycles. The maximum absolute atomic E-state index is 11.7. The lowest BCUT2D eigenvalue weighted by molar-refractivity contribution is -0.141. The number of carbonyl (C=O) groups excluding carboxylic acids is 2. The SMILES string of the molecule is COC(=O)CN(C)C(=O)N1CC(CC(=O)O)C1. The van der Waals surface area contributed by atoms with Crippen LogP contribution in [0, 0.1) is 5.92 Å². The van der Waals surface area contributed by atoms with Crippen LogP contribution in [-0.4, -0.2) is 66.7 Å². The molecule has 0 bridgehead atoms. The van der Waals surface area contributed by atoms with E-state index in [1.807, 2.05) is 0 Å². The fourth-order valence-electron chi connectivity index (χ4n) is 1.67. The summed E-state index contributed by atoms with van der Waals surface area (Å²) in [5.74, 6) is -1.32. The topological polar surface area (TPSA) is 87.2 Å². The lowest BCUT2D eigenvalue weighted by Crippen LogP contribution is -2.55. The van der Waals surface area contributed by atoms with Gasteiger partial charge in [0.1, 0.15) is 6.54 Å². The highest BCUT2D eigenvalue weighted by Crippen LogP contribution is 2.20. The smallest absolute Gasteiger partial charge is 0.325 e. The van der Waals surface area contributed by atoms with E-state index in [2.05, 4.69) is 4.74 Å². The Labute approximate surface area is 98.9 Å². The van der Waals surface area contributed by atoms with Gasteiger partial charge in [0.25, 0.3) is 0 Å².